The third-order valence-electron chi connectivity index (χ3n) is 2.54. The van der Waals surface area contributed by atoms with Crippen molar-refractivity contribution in [2.45, 2.75) is 6.10 Å². The van der Waals surface area contributed by atoms with Crippen molar-refractivity contribution in [3.05, 3.63) is 57.8 Å². The van der Waals surface area contributed by atoms with Crippen LogP contribution in [0.25, 0.3) is 0 Å². The van der Waals surface area contributed by atoms with Crippen molar-refractivity contribution in [1.29, 1.82) is 0 Å². The Balaban J connectivity index is 2.49. The van der Waals surface area contributed by atoms with Gasteiger partial charge in [0.1, 0.15) is 6.10 Å². The van der Waals surface area contributed by atoms with Crippen molar-refractivity contribution in [3.8, 4) is 0 Å². The van der Waals surface area contributed by atoms with E-state index in [0.717, 1.165) is 5.69 Å². The summed E-state index contributed by atoms with van der Waals surface area (Å²) >= 11 is 12.1. The third kappa shape index (κ3) is 1.96. The normalized spacial score (nSPS) is 12.8. The zero-order chi connectivity index (χ0) is 11.7. The Morgan fingerprint density at radius 1 is 1.12 bits per heavy atom. The van der Waals surface area contributed by atoms with Gasteiger partial charge in [0.05, 0.1) is 5.69 Å². The van der Waals surface area contributed by atoms with E-state index < -0.39 is 6.10 Å². The van der Waals surface area contributed by atoms with Gasteiger partial charge in [-0.05, 0) is 24.3 Å². The van der Waals surface area contributed by atoms with Gasteiger partial charge in [-0.3, -0.25) is 0 Å². The van der Waals surface area contributed by atoms with Crippen molar-refractivity contribution in [1.82, 2.24) is 4.57 Å². The number of nitrogens with zero attached hydrogens (tertiary/aromatic N) is 1. The first-order chi connectivity index (χ1) is 7.61. The lowest BCUT2D eigenvalue weighted by Crippen LogP contribution is -2.06. The second-order valence-corrected chi connectivity index (χ2v) is 4.40. The minimum absolute atomic E-state index is 0.473. The summed E-state index contributed by atoms with van der Waals surface area (Å²) in [6.07, 6.45) is 1.06. The zero-order valence-electron chi connectivity index (χ0n) is 8.69. The number of rotatable bonds is 2. The van der Waals surface area contributed by atoms with Gasteiger partial charge in [-0.15, -0.1) is 0 Å². The lowest BCUT2D eigenvalue weighted by molar-refractivity contribution is 0.212. The molecule has 0 radical (unpaired) electrons. The molecule has 1 unspecified atom stereocenters. The summed E-state index contributed by atoms with van der Waals surface area (Å²) in [6.45, 7) is 0. The number of hydrogen-bond donors (Lipinski definition) is 1. The molecule has 1 aromatic heterocycles. The first-order valence-electron chi connectivity index (χ1n) is 4.84. The molecule has 0 saturated carbocycles. The quantitative estimate of drug-likeness (QED) is 0.875. The highest BCUT2D eigenvalue weighted by Gasteiger charge is 2.18. The molecule has 1 heterocycles. The highest BCUT2D eigenvalue weighted by molar-refractivity contribution is 6.36. The van der Waals surface area contributed by atoms with Crippen LogP contribution in [0, 0.1) is 0 Å². The number of aliphatic hydroxyl groups excluding tert-OH is 1. The summed E-state index contributed by atoms with van der Waals surface area (Å²) in [6, 6.07) is 8.89. The van der Waals surface area contributed by atoms with Crippen LogP contribution in [0.1, 0.15) is 17.4 Å². The SMILES string of the molecule is Cn1cccc1C(O)c1c(Cl)cccc1Cl. The lowest BCUT2D eigenvalue weighted by Gasteiger charge is -2.15. The number of benzene rings is 1. The molecule has 0 amide bonds. The van der Waals surface area contributed by atoms with Crippen molar-refractivity contribution in [2.24, 2.45) is 7.05 Å². The monoisotopic (exact) mass is 255 g/mol. The molecule has 0 aliphatic heterocycles. The van der Waals surface area contributed by atoms with E-state index in [1.165, 1.54) is 0 Å². The molecule has 2 nitrogen and oxygen atoms in total. The van der Waals surface area contributed by atoms with E-state index in [4.69, 9.17) is 23.2 Å². The standard InChI is InChI=1S/C12H11Cl2NO/c1-15-7-3-6-10(15)12(16)11-8(13)4-2-5-9(11)14/h2-7,12,16H,1H3. The number of halogens is 2. The van der Waals surface area contributed by atoms with E-state index >= 15 is 0 Å². The topological polar surface area (TPSA) is 25.2 Å². The Morgan fingerprint density at radius 3 is 2.25 bits per heavy atom. The van der Waals surface area contributed by atoms with Gasteiger partial charge in [0, 0.05) is 28.9 Å². The molecule has 0 bridgehead atoms. The van der Waals surface area contributed by atoms with Gasteiger partial charge in [-0.25, -0.2) is 0 Å². The first kappa shape index (κ1) is 11.5. The molecule has 4 heteroatoms. The Bertz CT molecular complexity index is 487. The third-order valence-corrected chi connectivity index (χ3v) is 3.20. The summed E-state index contributed by atoms with van der Waals surface area (Å²) in [5.74, 6) is 0. The number of aromatic nitrogens is 1. The van der Waals surface area contributed by atoms with Crippen molar-refractivity contribution in [2.75, 3.05) is 0 Å². The highest BCUT2D eigenvalue weighted by atomic mass is 35.5. The minimum Gasteiger partial charge on any atom is -0.382 e. The van der Waals surface area contributed by atoms with Crippen molar-refractivity contribution >= 4 is 23.2 Å². The second kappa shape index (κ2) is 4.50. The number of hydrogen-bond acceptors (Lipinski definition) is 1. The van der Waals surface area contributed by atoms with Crippen LogP contribution in [-0.2, 0) is 7.05 Å². The van der Waals surface area contributed by atoms with Crippen LogP contribution in [0.2, 0.25) is 10.0 Å². The fourth-order valence-electron chi connectivity index (χ4n) is 1.68. The lowest BCUT2D eigenvalue weighted by atomic mass is 10.1. The maximum Gasteiger partial charge on any atom is 0.122 e. The molecule has 1 N–H and O–H groups in total. The van der Waals surface area contributed by atoms with Crippen LogP contribution in [0.5, 0.6) is 0 Å². The highest BCUT2D eigenvalue weighted by Crippen LogP contribution is 2.33. The molecular formula is C12H11Cl2NO. The van der Waals surface area contributed by atoms with Crippen LogP contribution >= 0.6 is 23.2 Å². The Labute approximate surface area is 104 Å². The summed E-state index contributed by atoms with van der Waals surface area (Å²) in [4.78, 5) is 0. The minimum atomic E-state index is -0.804. The molecule has 1 aromatic carbocycles. The van der Waals surface area contributed by atoms with E-state index in [0.29, 0.717) is 15.6 Å². The van der Waals surface area contributed by atoms with E-state index in [1.807, 2.05) is 29.9 Å². The van der Waals surface area contributed by atoms with Crippen molar-refractivity contribution < 1.29 is 5.11 Å². The summed E-state index contributed by atoms with van der Waals surface area (Å²) < 4.78 is 1.84. The number of aliphatic hydroxyl groups is 1. The van der Waals surface area contributed by atoms with Gasteiger partial charge >= 0.3 is 0 Å². The fourth-order valence-corrected chi connectivity index (χ4v) is 2.28. The van der Waals surface area contributed by atoms with Gasteiger partial charge < -0.3 is 9.67 Å². The molecule has 0 aliphatic carbocycles. The average Bonchev–Trinajstić information content (AvgIpc) is 2.64. The van der Waals surface area contributed by atoms with Crippen LogP contribution in [0.3, 0.4) is 0 Å². The van der Waals surface area contributed by atoms with Crippen LogP contribution < -0.4 is 0 Å². The molecule has 0 spiro atoms. The predicted octanol–water partition coefficient (Wildman–Crippen LogP) is 3.41. The molecule has 16 heavy (non-hydrogen) atoms. The molecule has 2 aromatic rings. The van der Waals surface area contributed by atoms with Gasteiger partial charge in [-0.1, -0.05) is 29.3 Å². The predicted molar refractivity (Wildman–Crippen MR) is 65.9 cm³/mol. The summed E-state index contributed by atoms with van der Waals surface area (Å²) in [5, 5.41) is 11.2. The second-order valence-electron chi connectivity index (χ2n) is 3.58. The van der Waals surface area contributed by atoms with E-state index in [1.54, 1.807) is 18.2 Å². The zero-order valence-corrected chi connectivity index (χ0v) is 10.2. The van der Waals surface area contributed by atoms with Gasteiger partial charge in [0.25, 0.3) is 0 Å². The fraction of sp³-hybridized carbons (Fsp3) is 0.167. The van der Waals surface area contributed by atoms with E-state index in [2.05, 4.69) is 0 Å². The molecular weight excluding hydrogens is 245 g/mol. The maximum absolute atomic E-state index is 10.2. The van der Waals surface area contributed by atoms with E-state index in [9.17, 15) is 5.11 Å². The first-order valence-corrected chi connectivity index (χ1v) is 5.60. The molecule has 1 atom stereocenters. The maximum atomic E-state index is 10.2. The Morgan fingerprint density at radius 2 is 1.75 bits per heavy atom. The molecule has 2 rings (SSSR count). The van der Waals surface area contributed by atoms with Gasteiger partial charge in [0.15, 0.2) is 0 Å². The molecule has 0 aliphatic rings. The van der Waals surface area contributed by atoms with Gasteiger partial charge in [-0.2, -0.15) is 0 Å². The molecule has 84 valence electrons. The Kier molecular flexibility index (Phi) is 3.24. The van der Waals surface area contributed by atoms with Crippen molar-refractivity contribution in [3.63, 3.8) is 0 Å². The van der Waals surface area contributed by atoms with Crippen LogP contribution in [0.4, 0.5) is 0 Å². The smallest absolute Gasteiger partial charge is 0.122 e. The number of aryl methyl sites for hydroxylation is 1. The van der Waals surface area contributed by atoms with Crippen LogP contribution in [0.15, 0.2) is 36.5 Å². The molecule has 0 fully saturated rings. The summed E-state index contributed by atoms with van der Waals surface area (Å²) in [7, 11) is 1.86. The largest absolute Gasteiger partial charge is 0.382 e. The molecule has 0 saturated heterocycles. The summed E-state index contributed by atoms with van der Waals surface area (Å²) in [5.41, 5.74) is 1.31. The van der Waals surface area contributed by atoms with E-state index in [-0.39, 0.29) is 0 Å². The average molecular weight is 256 g/mol. The van der Waals surface area contributed by atoms with Gasteiger partial charge in [0.2, 0.25) is 0 Å². The van der Waals surface area contributed by atoms with Crippen LogP contribution in [-0.4, -0.2) is 9.67 Å². The Hall–Kier alpha value is -0.960.